The van der Waals surface area contributed by atoms with Crippen molar-refractivity contribution in [3.8, 4) is 0 Å². The summed E-state index contributed by atoms with van der Waals surface area (Å²) in [5, 5.41) is 3.25. The second kappa shape index (κ2) is 9.57. The maximum atomic E-state index is 6.63. The van der Waals surface area contributed by atoms with E-state index in [9.17, 15) is 0 Å². The van der Waals surface area contributed by atoms with E-state index < -0.39 is 0 Å². The highest BCUT2D eigenvalue weighted by Gasteiger charge is 2.26. The predicted molar refractivity (Wildman–Crippen MR) is 145 cm³/mol. The van der Waals surface area contributed by atoms with Crippen LogP contribution in [0, 0.1) is 0 Å². The number of aromatic nitrogens is 1. The molecule has 0 aliphatic carbocycles. The first kappa shape index (κ1) is 21.3. The molecule has 170 valence electrons. The molecule has 2 atom stereocenters. The molecule has 0 amide bonds. The van der Waals surface area contributed by atoms with E-state index >= 15 is 0 Å². The van der Waals surface area contributed by atoms with Crippen molar-refractivity contribution in [3.63, 3.8) is 0 Å². The lowest BCUT2D eigenvalue weighted by molar-refractivity contribution is 0.0545. The number of ether oxygens (including phenoxy) is 1. The molecular weight excluding hydrogens is 436 g/mol. The van der Waals surface area contributed by atoms with Gasteiger partial charge in [-0.25, -0.2) is 0 Å². The average molecular weight is 465 g/mol. The Morgan fingerprint density at radius 3 is 1.76 bits per heavy atom. The molecule has 3 nitrogen and oxygen atoms in total. The summed E-state index contributed by atoms with van der Waals surface area (Å²) in [6, 6.07) is 38.7. The fraction of sp³-hybridized carbons (Fsp3) is 0.200. The predicted octanol–water partition coefficient (Wildman–Crippen LogP) is 7.13. The fourth-order valence-corrected chi connectivity index (χ4v) is 5.16. The van der Waals surface area contributed by atoms with Crippen molar-refractivity contribution in [1.29, 1.82) is 0 Å². The molecule has 2 heterocycles. The van der Waals surface area contributed by atoms with Crippen LogP contribution >= 0.6 is 11.8 Å². The molecule has 1 aliphatic rings. The molecule has 34 heavy (non-hydrogen) atoms. The van der Waals surface area contributed by atoms with Crippen molar-refractivity contribution in [2.75, 3.05) is 23.8 Å². The van der Waals surface area contributed by atoms with E-state index in [2.05, 4.69) is 119 Å². The minimum atomic E-state index is 0.0424. The summed E-state index contributed by atoms with van der Waals surface area (Å²) in [5.41, 5.74) is 4.91. The average Bonchev–Trinajstić information content (AvgIpc) is 3.69. The zero-order valence-electron chi connectivity index (χ0n) is 19.1. The van der Waals surface area contributed by atoms with Crippen LogP contribution in [0.4, 0.5) is 11.4 Å². The number of para-hydroxylation sites is 4. The highest BCUT2D eigenvalue weighted by Crippen LogP contribution is 2.33. The van der Waals surface area contributed by atoms with Crippen LogP contribution in [0.1, 0.15) is 0 Å². The van der Waals surface area contributed by atoms with Crippen LogP contribution in [0.3, 0.4) is 0 Å². The van der Waals surface area contributed by atoms with Crippen LogP contribution in [-0.4, -0.2) is 34.8 Å². The first-order valence-corrected chi connectivity index (χ1v) is 13.0. The molecule has 1 aromatic heterocycles. The van der Waals surface area contributed by atoms with Crippen LogP contribution < -0.4 is 4.90 Å². The molecule has 6 rings (SSSR count). The summed E-state index contributed by atoms with van der Waals surface area (Å²) in [6.45, 7) is 2.40. The molecule has 0 saturated carbocycles. The minimum absolute atomic E-state index is 0.0424. The number of hydrogen-bond donors (Lipinski definition) is 0. The molecule has 0 radical (unpaired) electrons. The summed E-state index contributed by atoms with van der Waals surface area (Å²) < 4.78 is 9.08. The molecule has 4 heteroatoms. The lowest BCUT2D eigenvalue weighted by Gasteiger charge is -2.30. The highest BCUT2D eigenvalue weighted by molar-refractivity contribution is 8.06. The first-order chi connectivity index (χ1) is 16.9. The number of benzene rings is 4. The van der Waals surface area contributed by atoms with Gasteiger partial charge >= 0.3 is 0 Å². The number of thioether (sulfide) groups is 1. The molecule has 2 unspecified atom stereocenters. The number of nitrogens with zero attached hydrogens (tertiary/aromatic N) is 2. The van der Waals surface area contributed by atoms with Gasteiger partial charge in [-0.15, -0.1) is 0 Å². The molecule has 1 saturated heterocycles. The Balaban J connectivity index is 1.38. The second-order valence-electron chi connectivity index (χ2n) is 8.84. The Bertz CT molecular complexity index is 1290. The van der Waals surface area contributed by atoms with Gasteiger partial charge in [0.2, 0.25) is 0 Å². The molecule has 0 spiro atoms. The normalized spacial score (nSPS) is 16.1. The Kier molecular flexibility index (Phi) is 6.01. The van der Waals surface area contributed by atoms with E-state index in [-0.39, 0.29) is 6.10 Å². The van der Waals surface area contributed by atoms with Crippen molar-refractivity contribution in [3.05, 3.63) is 109 Å². The molecule has 1 aliphatic heterocycles. The zero-order chi connectivity index (χ0) is 22.7. The summed E-state index contributed by atoms with van der Waals surface area (Å²) in [5.74, 6) is 1.21. The van der Waals surface area contributed by atoms with Crippen LogP contribution in [0.15, 0.2) is 109 Å². The lowest BCUT2D eigenvalue weighted by atomic mass is 10.2. The van der Waals surface area contributed by atoms with Gasteiger partial charge in [-0.3, -0.25) is 0 Å². The smallest absolute Gasteiger partial charge is 0.0933 e. The number of rotatable bonds is 9. The van der Waals surface area contributed by atoms with Gasteiger partial charge in [0, 0.05) is 44.2 Å². The van der Waals surface area contributed by atoms with Crippen molar-refractivity contribution in [1.82, 2.24) is 4.57 Å². The van der Waals surface area contributed by atoms with Crippen molar-refractivity contribution in [2.24, 2.45) is 0 Å². The molecule has 5 aromatic rings. The van der Waals surface area contributed by atoms with E-state index in [0.29, 0.717) is 5.25 Å². The SMILES string of the molecule is c1ccc(N(CC(Cn2c3ccccc3c3ccccc32)OCC2CS2)c2ccccc2)cc1. The second-order valence-corrected chi connectivity index (χ2v) is 10.2. The third-order valence-electron chi connectivity index (χ3n) is 6.51. The summed E-state index contributed by atoms with van der Waals surface area (Å²) in [7, 11) is 0. The molecule has 0 N–H and O–H groups in total. The first-order valence-electron chi connectivity index (χ1n) is 11.9. The van der Waals surface area contributed by atoms with E-state index in [1.165, 1.54) is 38.9 Å². The van der Waals surface area contributed by atoms with E-state index in [4.69, 9.17) is 4.74 Å². The molecular formula is C30H28N2OS. The molecule has 1 fully saturated rings. The Labute approximate surface area is 205 Å². The van der Waals surface area contributed by atoms with Gasteiger partial charge in [0.05, 0.1) is 25.8 Å². The van der Waals surface area contributed by atoms with Crippen molar-refractivity contribution in [2.45, 2.75) is 17.9 Å². The Morgan fingerprint density at radius 1 is 0.735 bits per heavy atom. The van der Waals surface area contributed by atoms with Gasteiger partial charge in [-0.1, -0.05) is 72.8 Å². The maximum Gasteiger partial charge on any atom is 0.0933 e. The van der Waals surface area contributed by atoms with E-state index in [0.717, 1.165) is 19.7 Å². The van der Waals surface area contributed by atoms with Crippen LogP contribution in [0.25, 0.3) is 21.8 Å². The minimum Gasteiger partial charge on any atom is -0.373 e. The number of fused-ring (bicyclic) bond motifs is 3. The summed E-state index contributed by atoms with van der Waals surface area (Å²) in [6.07, 6.45) is 0.0424. The van der Waals surface area contributed by atoms with Crippen LogP contribution in [0.2, 0.25) is 0 Å². The molecule has 0 bridgehead atoms. The maximum absolute atomic E-state index is 6.63. The van der Waals surface area contributed by atoms with Gasteiger partial charge < -0.3 is 14.2 Å². The topological polar surface area (TPSA) is 17.4 Å². The number of hydrogen-bond acceptors (Lipinski definition) is 3. The van der Waals surface area contributed by atoms with E-state index in [1.807, 2.05) is 11.8 Å². The third-order valence-corrected chi connectivity index (χ3v) is 7.45. The summed E-state index contributed by atoms with van der Waals surface area (Å²) >= 11 is 1.99. The highest BCUT2D eigenvalue weighted by atomic mass is 32.2. The van der Waals surface area contributed by atoms with Crippen molar-refractivity contribution >= 4 is 44.9 Å². The third kappa shape index (κ3) is 4.44. The van der Waals surface area contributed by atoms with Crippen LogP contribution in [0.5, 0.6) is 0 Å². The zero-order valence-corrected chi connectivity index (χ0v) is 19.9. The van der Waals surface area contributed by atoms with Gasteiger partial charge in [0.25, 0.3) is 0 Å². The van der Waals surface area contributed by atoms with Gasteiger partial charge in [-0.05, 0) is 36.4 Å². The Hall–Kier alpha value is -3.21. The van der Waals surface area contributed by atoms with Gasteiger partial charge in [0.1, 0.15) is 0 Å². The lowest BCUT2D eigenvalue weighted by Crippen LogP contribution is -2.34. The quantitative estimate of drug-likeness (QED) is 0.216. The van der Waals surface area contributed by atoms with E-state index in [1.54, 1.807) is 0 Å². The fourth-order valence-electron chi connectivity index (χ4n) is 4.75. The largest absolute Gasteiger partial charge is 0.373 e. The van der Waals surface area contributed by atoms with Gasteiger partial charge in [0.15, 0.2) is 0 Å². The monoisotopic (exact) mass is 464 g/mol. The van der Waals surface area contributed by atoms with Crippen molar-refractivity contribution < 1.29 is 4.74 Å². The number of anilines is 2. The summed E-state index contributed by atoms with van der Waals surface area (Å²) in [4.78, 5) is 2.39. The van der Waals surface area contributed by atoms with Gasteiger partial charge in [-0.2, -0.15) is 11.8 Å². The Morgan fingerprint density at radius 2 is 1.24 bits per heavy atom. The molecule has 4 aromatic carbocycles. The van der Waals surface area contributed by atoms with Crippen LogP contribution in [-0.2, 0) is 11.3 Å². The standard InChI is InChI=1S/C30H28N2OS/c1-3-11-23(12-4-1)31(24-13-5-2-6-14-24)19-25(33-21-26-22-34-26)20-32-29-17-9-7-15-27(29)28-16-8-10-18-30(28)32/h1-18,25-26H,19-22H2.